The number of carbonyl (C=O) groups is 3. The molecule has 1 atom stereocenters. The van der Waals surface area contributed by atoms with Crippen LogP contribution in [-0.4, -0.2) is 43.5 Å². The lowest BCUT2D eigenvalue weighted by molar-refractivity contribution is -0.159. The molecule has 1 N–H and O–H groups in total. The number of carboxylic acids is 1. The summed E-state index contributed by atoms with van der Waals surface area (Å²) in [5.41, 5.74) is -1.68. The van der Waals surface area contributed by atoms with Gasteiger partial charge in [0.2, 0.25) is 0 Å². The zero-order chi connectivity index (χ0) is 26.1. The molecule has 9 heteroatoms. The summed E-state index contributed by atoms with van der Waals surface area (Å²) in [5.74, 6) is -2.09. The molecule has 2 aromatic heterocycles. The molecule has 35 heavy (non-hydrogen) atoms. The van der Waals surface area contributed by atoms with E-state index >= 15 is 0 Å². The molecule has 0 fully saturated rings. The second-order valence-electron chi connectivity index (χ2n) is 10.2. The number of hydrogen-bond donors (Lipinski definition) is 1. The van der Waals surface area contributed by atoms with Crippen LogP contribution < -0.4 is 5.56 Å². The molecule has 0 amide bonds. The van der Waals surface area contributed by atoms with Gasteiger partial charge in [0.1, 0.15) is 22.8 Å². The SMILES string of the molecule is CC(C)(C)OC(=O)C(Cc1cn(C(=O)OC(C)(C)C)c2ccccc12)n1cccc(C(=O)O)c1=O. The van der Waals surface area contributed by atoms with Crippen molar-refractivity contribution in [2.45, 2.75) is 65.2 Å². The molecule has 186 valence electrons. The fourth-order valence-electron chi connectivity index (χ4n) is 3.67. The summed E-state index contributed by atoms with van der Waals surface area (Å²) in [6, 6.07) is 8.54. The zero-order valence-corrected chi connectivity index (χ0v) is 20.7. The van der Waals surface area contributed by atoms with Crippen molar-refractivity contribution in [2.24, 2.45) is 0 Å². The van der Waals surface area contributed by atoms with Crippen molar-refractivity contribution in [3.63, 3.8) is 0 Å². The van der Waals surface area contributed by atoms with Crippen LogP contribution in [0.3, 0.4) is 0 Å². The van der Waals surface area contributed by atoms with E-state index < -0.39 is 46.4 Å². The van der Waals surface area contributed by atoms with E-state index in [2.05, 4.69) is 0 Å². The third-order valence-corrected chi connectivity index (χ3v) is 5.02. The normalized spacial score (nSPS) is 12.9. The Bertz CT molecular complexity index is 1340. The Morgan fingerprint density at radius 1 is 0.943 bits per heavy atom. The first-order valence-corrected chi connectivity index (χ1v) is 11.2. The van der Waals surface area contributed by atoms with Gasteiger partial charge in [-0.1, -0.05) is 18.2 Å². The first-order valence-electron chi connectivity index (χ1n) is 11.2. The first-order chi connectivity index (χ1) is 16.2. The minimum atomic E-state index is -1.39. The van der Waals surface area contributed by atoms with Gasteiger partial charge in [-0.25, -0.2) is 14.4 Å². The van der Waals surface area contributed by atoms with Crippen molar-refractivity contribution in [1.29, 1.82) is 0 Å². The molecule has 0 aliphatic carbocycles. The highest BCUT2D eigenvalue weighted by Gasteiger charge is 2.30. The molecule has 0 radical (unpaired) electrons. The van der Waals surface area contributed by atoms with Crippen molar-refractivity contribution >= 4 is 28.9 Å². The maximum atomic E-state index is 13.2. The molecule has 0 aliphatic rings. The summed E-state index contributed by atoms with van der Waals surface area (Å²) in [4.78, 5) is 50.6. The van der Waals surface area contributed by atoms with E-state index in [0.29, 0.717) is 16.5 Å². The van der Waals surface area contributed by atoms with Crippen LogP contribution in [0.15, 0.2) is 53.6 Å². The number of nitrogens with zero attached hydrogens (tertiary/aromatic N) is 2. The number of rotatable bonds is 5. The Labute approximate surface area is 202 Å². The summed E-state index contributed by atoms with van der Waals surface area (Å²) in [7, 11) is 0. The second kappa shape index (κ2) is 9.40. The number of carboxylic acid groups (broad SMARTS) is 1. The van der Waals surface area contributed by atoms with Gasteiger partial charge >= 0.3 is 18.0 Å². The zero-order valence-electron chi connectivity index (χ0n) is 20.7. The highest BCUT2D eigenvalue weighted by Crippen LogP contribution is 2.27. The Hall–Kier alpha value is -3.88. The minimum Gasteiger partial charge on any atom is -0.477 e. The predicted octanol–water partition coefficient (Wildman–Crippen LogP) is 4.41. The van der Waals surface area contributed by atoms with Crippen molar-refractivity contribution in [2.75, 3.05) is 0 Å². The Morgan fingerprint density at radius 3 is 2.17 bits per heavy atom. The van der Waals surface area contributed by atoms with Crippen LogP contribution in [0.1, 0.15) is 63.5 Å². The highest BCUT2D eigenvalue weighted by atomic mass is 16.6. The van der Waals surface area contributed by atoms with E-state index in [1.807, 2.05) is 0 Å². The molecule has 9 nitrogen and oxygen atoms in total. The Balaban J connectivity index is 2.14. The van der Waals surface area contributed by atoms with Gasteiger partial charge in [-0.2, -0.15) is 0 Å². The largest absolute Gasteiger partial charge is 0.477 e. The van der Waals surface area contributed by atoms with E-state index in [1.165, 1.54) is 22.9 Å². The number of ether oxygens (including phenoxy) is 2. The molecule has 0 bridgehead atoms. The molecule has 3 aromatic rings. The first kappa shape index (κ1) is 25.7. The van der Waals surface area contributed by atoms with Crippen molar-refractivity contribution in [3.05, 3.63) is 70.3 Å². The third-order valence-electron chi connectivity index (χ3n) is 5.02. The number of hydrogen-bond acceptors (Lipinski definition) is 6. The predicted molar refractivity (Wildman–Crippen MR) is 130 cm³/mol. The monoisotopic (exact) mass is 482 g/mol. The molecule has 0 saturated carbocycles. The van der Waals surface area contributed by atoms with Gasteiger partial charge in [-0.3, -0.25) is 9.36 Å². The number of aromatic nitrogens is 2. The van der Waals surface area contributed by atoms with Crippen molar-refractivity contribution in [3.8, 4) is 0 Å². The molecule has 1 unspecified atom stereocenters. The van der Waals surface area contributed by atoms with Crippen molar-refractivity contribution < 1.29 is 29.0 Å². The van der Waals surface area contributed by atoms with E-state index in [9.17, 15) is 24.3 Å². The molecule has 0 saturated heterocycles. The number of carbonyl (C=O) groups excluding carboxylic acids is 2. The average Bonchev–Trinajstić information content (AvgIpc) is 3.08. The lowest BCUT2D eigenvalue weighted by Gasteiger charge is -2.25. The molecule has 1 aromatic carbocycles. The average molecular weight is 483 g/mol. The van der Waals surface area contributed by atoms with Crippen molar-refractivity contribution in [1.82, 2.24) is 9.13 Å². The summed E-state index contributed by atoms with van der Waals surface area (Å²) < 4.78 is 13.5. The molecular weight excluding hydrogens is 452 g/mol. The van der Waals surface area contributed by atoms with Crippen LogP contribution in [0.25, 0.3) is 10.9 Å². The molecular formula is C26H30N2O7. The van der Waals surface area contributed by atoms with E-state index in [-0.39, 0.29) is 6.42 Å². The summed E-state index contributed by atoms with van der Waals surface area (Å²) >= 11 is 0. The van der Waals surface area contributed by atoms with Gasteiger partial charge in [0.15, 0.2) is 0 Å². The maximum absolute atomic E-state index is 13.2. The van der Waals surface area contributed by atoms with Gasteiger partial charge < -0.3 is 19.1 Å². The van der Waals surface area contributed by atoms with E-state index in [1.54, 1.807) is 72.0 Å². The molecule has 3 rings (SSSR count). The van der Waals surface area contributed by atoms with Crippen LogP contribution >= 0.6 is 0 Å². The lowest BCUT2D eigenvalue weighted by Crippen LogP contribution is -2.37. The molecule has 0 spiro atoms. The number of esters is 1. The number of pyridine rings is 1. The summed E-state index contributed by atoms with van der Waals surface area (Å²) in [6.45, 7) is 10.4. The minimum absolute atomic E-state index is 0.0196. The van der Waals surface area contributed by atoms with E-state index in [0.717, 1.165) is 4.57 Å². The second-order valence-corrected chi connectivity index (χ2v) is 10.2. The lowest BCUT2D eigenvalue weighted by atomic mass is 10.0. The standard InChI is InChI=1S/C26H30N2O7/c1-25(2,3)34-23(32)20(27-13-9-11-18(21(27)29)22(30)31)14-16-15-28(24(33)35-26(4,5)6)19-12-8-7-10-17(16)19/h7-13,15,20H,14H2,1-6H3,(H,30,31). The van der Waals surface area contributed by atoms with Gasteiger partial charge in [0, 0.05) is 24.2 Å². The topological polar surface area (TPSA) is 117 Å². The molecule has 0 aliphatic heterocycles. The van der Waals surface area contributed by atoms with Gasteiger partial charge in [-0.15, -0.1) is 0 Å². The van der Waals surface area contributed by atoms with Crippen LogP contribution in [0.4, 0.5) is 4.79 Å². The van der Waals surface area contributed by atoms with Gasteiger partial charge in [0.05, 0.1) is 5.52 Å². The number of benzene rings is 1. The quantitative estimate of drug-likeness (QED) is 0.535. The Morgan fingerprint density at radius 2 is 1.57 bits per heavy atom. The van der Waals surface area contributed by atoms with Crippen LogP contribution in [0.5, 0.6) is 0 Å². The number of aromatic carboxylic acids is 1. The smallest absolute Gasteiger partial charge is 0.419 e. The maximum Gasteiger partial charge on any atom is 0.419 e. The number of para-hydroxylation sites is 1. The summed E-state index contributed by atoms with van der Waals surface area (Å²) in [6.07, 6.45) is 2.33. The highest BCUT2D eigenvalue weighted by molar-refractivity contribution is 5.92. The number of fused-ring (bicyclic) bond motifs is 1. The van der Waals surface area contributed by atoms with Crippen LogP contribution in [0, 0.1) is 0 Å². The molecule has 2 heterocycles. The van der Waals surface area contributed by atoms with Gasteiger partial charge in [0.25, 0.3) is 5.56 Å². The van der Waals surface area contributed by atoms with Crippen LogP contribution in [0.2, 0.25) is 0 Å². The summed E-state index contributed by atoms with van der Waals surface area (Å²) in [5, 5.41) is 10.1. The fraction of sp³-hybridized carbons (Fsp3) is 0.385. The van der Waals surface area contributed by atoms with Gasteiger partial charge in [-0.05, 0) is 65.3 Å². The Kier molecular flexibility index (Phi) is 6.91. The fourth-order valence-corrected chi connectivity index (χ4v) is 3.67. The van der Waals surface area contributed by atoms with Crippen LogP contribution in [-0.2, 0) is 20.7 Å². The van der Waals surface area contributed by atoms with E-state index in [4.69, 9.17) is 9.47 Å². The third kappa shape index (κ3) is 5.98.